The van der Waals surface area contributed by atoms with Gasteiger partial charge in [-0.25, -0.2) is 4.68 Å². The quantitative estimate of drug-likeness (QED) is 0.844. The van der Waals surface area contributed by atoms with E-state index in [1.165, 1.54) is 11.1 Å². The molecule has 1 aromatic heterocycles. The molecule has 0 spiro atoms. The van der Waals surface area contributed by atoms with E-state index in [0.717, 1.165) is 24.2 Å². The molecule has 2 aliphatic heterocycles. The lowest BCUT2D eigenvalue weighted by molar-refractivity contribution is -0.137. The van der Waals surface area contributed by atoms with Crippen LogP contribution in [0.4, 0.5) is 0 Å². The van der Waals surface area contributed by atoms with Gasteiger partial charge in [0.25, 0.3) is 0 Å². The second-order valence-electron chi connectivity index (χ2n) is 6.81. The molecule has 24 heavy (non-hydrogen) atoms. The minimum absolute atomic E-state index is 0.0775. The van der Waals surface area contributed by atoms with Crippen LogP contribution in [0.25, 0.3) is 0 Å². The Labute approximate surface area is 141 Å². The van der Waals surface area contributed by atoms with E-state index in [1.807, 2.05) is 15.6 Å². The molecule has 3 heterocycles. The first-order valence-corrected chi connectivity index (χ1v) is 8.46. The van der Waals surface area contributed by atoms with Gasteiger partial charge in [-0.3, -0.25) is 4.79 Å². The summed E-state index contributed by atoms with van der Waals surface area (Å²) >= 11 is 0. The van der Waals surface area contributed by atoms with Gasteiger partial charge >= 0.3 is 0 Å². The molecule has 126 valence electrons. The highest BCUT2D eigenvalue weighted by Gasteiger charge is 2.37. The van der Waals surface area contributed by atoms with Gasteiger partial charge in [0, 0.05) is 13.1 Å². The van der Waals surface area contributed by atoms with Crippen molar-refractivity contribution in [3.63, 3.8) is 0 Å². The Balaban J connectivity index is 1.47. The van der Waals surface area contributed by atoms with Crippen LogP contribution in [0.1, 0.15) is 34.8 Å². The minimum Gasteiger partial charge on any atom is -0.370 e. The molecule has 0 unspecified atom stereocenters. The van der Waals surface area contributed by atoms with Crippen molar-refractivity contribution >= 4 is 5.91 Å². The number of benzene rings is 1. The number of aryl methyl sites for hydroxylation is 2. The van der Waals surface area contributed by atoms with E-state index in [2.05, 4.69) is 36.3 Å². The summed E-state index contributed by atoms with van der Waals surface area (Å²) in [6.45, 7) is 6.12. The third kappa shape index (κ3) is 2.71. The number of rotatable bonds is 2. The molecule has 1 fully saturated rings. The van der Waals surface area contributed by atoms with E-state index >= 15 is 0 Å². The van der Waals surface area contributed by atoms with E-state index in [0.29, 0.717) is 19.6 Å². The smallest absolute Gasteiger partial charge is 0.227 e. The number of hydrogen-bond acceptors (Lipinski definition) is 4. The molecule has 2 atom stereocenters. The summed E-state index contributed by atoms with van der Waals surface area (Å²) in [4.78, 5) is 14.7. The second-order valence-corrected chi connectivity index (χ2v) is 6.81. The van der Waals surface area contributed by atoms with Crippen LogP contribution in [-0.4, -0.2) is 45.0 Å². The van der Waals surface area contributed by atoms with E-state index in [-0.39, 0.29) is 18.1 Å². The highest BCUT2D eigenvalue weighted by molar-refractivity contribution is 5.79. The lowest BCUT2D eigenvalue weighted by Crippen LogP contribution is -2.50. The third-order valence-corrected chi connectivity index (χ3v) is 5.21. The normalized spacial score (nSPS) is 22.8. The Kier molecular flexibility index (Phi) is 3.84. The van der Waals surface area contributed by atoms with Crippen LogP contribution in [0.3, 0.4) is 0 Å². The zero-order chi connectivity index (χ0) is 16.7. The van der Waals surface area contributed by atoms with Crippen molar-refractivity contribution in [2.24, 2.45) is 0 Å². The molecular weight excluding hydrogens is 304 g/mol. The average Bonchev–Trinajstić information content (AvgIpc) is 3.07. The summed E-state index contributed by atoms with van der Waals surface area (Å²) in [6.07, 6.45) is 3.17. The van der Waals surface area contributed by atoms with Crippen molar-refractivity contribution in [2.45, 2.75) is 45.4 Å². The van der Waals surface area contributed by atoms with Crippen molar-refractivity contribution in [1.29, 1.82) is 0 Å². The van der Waals surface area contributed by atoms with Gasteiger partial charge < -0.3 is 9.64 Å². The van der Waals surface area contributed by atoms with E-state index < -0.39 is 0 Å². The molecule has 1 saturated heterocycles. The monoisotopic (exact) mass is 326 g/mol. The number of aromatic nitrogens is 3. The summed E-state index contributed by atoms with van der Waals surface area (Å²) in [7, 11) is 0. The highest BCUT2D eigenvalue weighted by Crippen LogP contribution is 2.30. The van der Waals surface area contributed by atoms with Crippen molar-refractivity contribution < 1.29 is 9.53 Å². The molecule has 6 nitrogen and oxygen atoms in total. The van der Waals surface area contributed by atoms with Crippen LogP contribution < -0.4 is 0 Å². The maximum Gasteiger partial charge on any atom is 0.227 e. The largest absolute Gasteiger partial charge is 0.370 e. The lowest BCUT2D eigenvalue weighted by atomic mass is 9.99. The maximum atomic E-state index is 12.7. The van der Waals surface area contributed by atoms with Crippen molar-refractivity contribution in [3.05, 3.63) is 46.8 Å². The SMILES string of the molecule is Cc1ccc(CC(=O)N2CC[C@@H]3OCc4cnnn4[C@@H]3C2)cc1C. The van der Waals surface area contributed by atoms with E-state index in [1.54, 1.807) is 6.20 Å². The Morgan fingerprint density at radius 3 is 3.04 bits per heavy atom. The fraction of sp³-hybridized carbons (Fsp3) is 0.500. The van der Waals surface area contributed by atoms with Crippen molar-refractivity contribution in [1.82, 2.24) is 19.9 Å². The molecule has 0 radical (unpaired) electrons. The van der Waals surface area contributed by atoms with Gasteiger partial charge in [-0.1, -0.05) is 23.4 Å². The number of piperidine rings is 1. The minimum atomic E-state index is 0.0775. The number of fused-ring (bicyclic) bond motifs is 3. The van der Waals surface area contributed by atoms with Crippen LogP contribution >= 0.6 is 0 Å². The number of ether oxygens (including phenoxy) is 1. The molecule has 0 N–H and O–H groups in total. The van der Waals surface area contributed by atoms with Gasteiger partial charge in [0.05, 0.1) is 37.1 Å². The Bertz CT molecular complexity index is 770. The zero-order valence-corrected chi connectivity index (χ0v) is 14.1. The molecule has 0 aliphatic carbocycles. The lowest BCUT2D eigenvalue weighted by Gasteiger charge is -2.41. The Morgan fingerprint density at radius 1 is 1.33 bits per heavy atom. The predicted octanol–water partition coefficient (Wildman–Crippen LogP) is 1.81. The topological polar surface area (TPSA) is 60.3 Å². The van der Waals surface area contributed by atoms with Gasteiger partial charge in [-0.05, 0) is 37.0 Å². The average molecular weight is 326 g/mol. The number of carbonyl (C=O) groups excluding carboxylic acids is 1. The summed E-state index contributed by atoms with van der Waals surface area (Å²) in [5.41, 5.74) is 4.54. The molecule has 6 heteroatoms. The zero-order valence-electron chi connectivity index (χ0n) is 14.1. The number of amides is 1. The van der Waals surface area contributed by atoms with Gasteiger partial charge in [0.1, 0.15) is 0 Å². The molecule has 2 aromatic rings. The van der Waals surface area contributed by atoms with Gasteiger partial charge in [-0.15, -0.1) is 5.10 Å². The molecule has 0 bridgehead atoms. The maximum absolute atomic E-state index is 12.7. The first kappa shape index (κ1) is 15.3. The van der Waals surface area contributed by atoms with Crippen molar-refractivity contribution in [2.75, 3.05) is 13.1 Å². The summed E-state index contributed by atoms with van der Waals surface area (Å²) < 4.78 is 7.84. The molecule has 1 aromatic carbocycles. The second kappa shape index (κ2) is 6.02. The third-order valence-electron chi connectivity index (χ3n) is 5.21. The summed E-state index contributed by atoms with van der Waals surface area (Å²) in [5.74, 6) is 0.170. The standard InChI is InChI=1S/C18H22N4O2/c1-12-3-4-14(7-13(12)2)8-18(23)21-6-5-17-16(10-21)22-15(11-24-17)9-19-20-22/h3-4,7,9,16-17H,5-6,8,10-11H2,1-2H3/t16-,17+/m1/s1. The summed E-state index contributed by atoms with van der Waals surface area (Å²) in [5, 5.41) is 8.17. The van der Waals surface area contributed by atoms with Gasteiger partial charge in [0.2, 0.25) is 5.91 Å². The summed E-state index contributed by atoms with van der Waals surface area (Å²) in [6, 6.07) is 6.32. The van der Waals surface area contributed by atoms with E-state index in [9.17, 15) is 4.79 Å². The Hall–Kier alpha value is -2.21. The van der Waals surface area contributed by atoms with Crippen LogP contribution in [0.2, 0.25) is 0 Å². The molecule has 0 saturated carbocycles. The fourth-order valence-corrected chi connectivity index (χ4v) is 3.61. The molecule has 1 amide bonds. The van der Waals surface area contributed by atoms with Gasteiger partial charge in [0.15, 0.2) is 0 Å². The van der Waals surface area contributed by atoms with Crippen LogP contribution in [0.15, 0.2) is 24.4 Å². The first-order chi connectivity index (χ1) is 11.6. The Morgan fingerprint density at radius 2 is 2.21 bits per heavy atom. The van der Waals surface area contributed by atoms with Crippen LogP contribution in [0.5, 0.6) is 0 Å². The highest BCUT2D eigenvalue weighted by atomic mass is 16.5. The number of likely N-dealkylation sites (tertiary alicyclic amines) is 1. The number of hydrogen-bond donors (Lipinski definition) is 0. The number of nitrogens with zero attached hydrogens (tertiary/aromatic N) is 4. The van der Waals surface area contributed by atoms with Gasteiger partial charge in [-0.2, -0.15) is 0 Å². The fourth-order valence-electron chi connectivity index (χ4n) is 3.61. The predicted molar refractivity (Wildman–Crippen MR) is 88.5 cm³/mol. The molecular formula is C18H22N4O2. The van der Waals surface area contributed by atoms with Crippen LogP contribution in [-0.2, 0) is 22.6 Å². The number of carbonyl (C=O) groups is 1. The van der Waals surface area contributed by atoms with E-state index in [4.69, 9.17) is 4.74 Å². The molecule has 4 rings (SSSR count). The van der Waals surface area contributed by atoms with Crippen LogP contribution in [0, 0.1) is 13.8 Å². The first-order valence-electron chi connectivity index (χ1n) is 8.46. The molecule has 2 aliphatic rings. The van der Waals surface area contributed by atoms with Crippen molar-refractivity contribution in [3.8, 4) is 0 Å².